The Hall–Kier alpha value is -2.75. The Labute approximate surface area is 224 Å². The monoisotopic (exact) mass is 506 g/mol. The summed E-state index contributed by atoms with van der Waals surface area (Å²) in [5.74, 6) is 3.30. The number of benzene rings is 2. The summed E-state index contributed by atoms with van der Waals surface area (Å²) in [5, 5.41) is 0. The number of carbonyl (C=O) groups excluding carboxylic acids is 1. The molecule has 0 saturated heterocycles. The Morgan fingerprint density at radius 2 is 1.41 bits per heavy atom. The van der Waals surface area contributed by atoms with Crippen LogP contribution in [0.2, 0.25) is 0 Å². The molecule has 0 N–H and O–H groups in total. The van der Waals surface area contributed by atoms with Crippen molar-refractivity contribution in [3.63, 3.8) is 0 Å². The molecule has 2 aromatic rings. The maximum absolute atomic E-state index is 12.5. The first-order chi connectivity index (χ1) is 18.2. The minimum absolute atomic E-state index is 0.377. The molecule has 3 rings (SSSR count). The summed E-state index contributed by atoms with van der Waals surface area (Å²) in [6.45, 7) is 7.48. The van der Waals surface area contributed by atoms with Crippen molar-refractivity contribution in [2.75, 3.05) is 13.2 Å². The van der Waals surface area contributed by atoms with Crippen LogP contribution in [0.3, 0.4) is 0 Å². The molecule has 0 heterocycles. The third kappa shape index (κ3) is 11.0. The number of ether oxygens (including phenoxy) is 3. The van der Waals surface area contributed by atoms with Gasteiger partial charge in [-0.1, -0.05) is 64.4 Å². The molecule has 1 fully saturated rings. The lowest BCUT2D eigenvalue weighted by Crippen LogP contribution is -2.20. The third-order valence-electron chi connectivity index (χ3n) is 7.36. The second kappa shape index (κ2) is 16.9. The van der Waals surface area contributed by atoms with E-state index in [1.165, 1.54) is 64.2 Å². The van der Waals surface area contributed by atoms with E-state index >= 15 is 0 Å². The highest BCUT2D eigenvalue weighted by molar-refractivity contribution is 5.91. The summed E-state index contributed by atoms with van der Waals surface area (Å²) in [4.78, 5) is 12.5. The molecule has 0 unspecified atom stereocenters. The van der Waals surface area contributed by atoms with E-state index in [0.717, 1.165) is 43.3 Å². The predicted octanol–water partition coefficient (Wildman–Crippen LogP) is 9.19. The maximum Gasteiger partial charge on any atom is 0.343 e. The van der Waals surface area contributed by atoms with Crippen molar-refractivity contribution in [1.29, 1.82) is 0 Å². The molecule has 1 saturated carbocycles. The number of allylic oxidation sites excluding steroid dienone is 1. The molecule has 0 aromatic heterocycles. The van der Waals surface area contributed by atoms with Crippen LogP contribution >= 0.6 is 0 Å². The number of rotatable bonds is 17. The topological polar surface area (TPSA) is 44.8 Å². The molecule has 0 spiro atoms. The van der Waals surface area contributed by atoms with Gasteiger partial charge in [0.1, 0.15) is 17.2 Å². The van der Waals surface area contributed by atoms with E-state index in [-0.39, 0.29) is 5.97 Å². The zero-order chi connectivity index (χ0) is 26.1. The minimum atomic E-state index is -0.377. The van der Waals surface area contributed by atoms with E-state index in [9.17, 15) is 4.79 Å². The quantitative estimate of drug-likeness (QED) is 0.0928. The fourth-order valence-electron chi connectivity index (χ4n) is 4.98. The molecule has 202 valence electrons. The lowest BCUT2D eigenvalue weighted by Gasteiger charge is -2.28. The van der Waals surface area contributed by atoms with Crippen LogP contribution in [-0.4, -0.2) is 19.2 Å². The molecule has 0 atom stereocenters. The molecule has 1 aliphatic carbocycles. The summed E-state index contributed by atoms with van der Waals surface area (Å²) in [6, 6.07) is 14.5. The number of hydrogen-bond acceptors (Lipinski definition) is 4. The second-order valence-corrected chi connectivity index (χ2v) is 10.4. The Bertz CT molecular complexity index is 895. The predicted molar refractivity (Wildman–Crippen MR) is 152 cm³/mol. The van der Waals surface area contributed by atoms with Crippen LogP contribution in [0.1, 0.15) is 101 Å². The lowest BCUT2D eigenvalue weighted by atomic mass is 9.80. The van der Waals surface area contributed by atoms with Crippen molar-refractivity contribution in [2.24, 2.45) is 11.8 Å². The summed E-state index contributed by atoms with van der Waals surface area (Å²) in [7, 11) is 0. The molecule has 0 bridgehead atoms. The van der Waals surface area contributed by atoms with E-state index in [0.29, 0.717) is 23.8 Å². The van der Waals surface area contributed by atoms with Crippen LogP contribution in [0.4, 0.5) is 0 Å². The molecule has 2 aromatic carbocycles. The number of hydrogen-bond donors (Lipinski definition) is 0. The summed E-state index contributed by atoms with van der Waals surface area (Å²) >= 11 is 0. The summed E-state index contributed by atoms with van der Waals surface area (Å²) < 4.78 is 17.4. The van der Waals surface area contributed by atoms with Gasteiger partial charge >= 0.3 is 5.97 Å². The molecule has 0 amide bonds. The standard InChI is InChI=1S/C33H46O4/c1-3-5-7-8-9-11-25-35-30-19-17-29(18-20-30)33(34)37-32-23-21-31(22-24-32)36-26-28-15-13-27(14-16-28)12-10-6-4-2/h3,17-24,27-28H,1,4-16,25-26H2,2H3. The molecule has 1 aliphatic rings. The van der Waals surface area contributed by atoms with Gasteiger partial charge in [0.15, 0.2) is 0 Å². The fraction of sp³-hybridized carbons (Fsp3) is 0.545. The Kier molecular flexibility index (Phi) is 13.2. The van der Waals surface area contributed by atoms with E-state index in [2.05, 4.69) is 13.5 Å². The van der Waals surface area contributed by atoms with Crippen LogP contribution in [0, 0.1) is 11.8 Å². The van der Waals surface area contributed by atoms with Gasteiger partial charge in [0.25, 0.3) is 0 Å². The maximum atomic E-state index is 12.5. The Morgan fingerprint density at radius 1 is 0.784 bits per heavy atom. The van der Waals surface area contributed by atoms with Gasteiger partial charge in [0.2, 0.25) is 0 Å². The Balaban J connectivity index is 1.33. The molecular weight excluding hydrogens is 460 g/mol. The third-order valence-corrected chi connectivity index (χ3v) is 7.36. The van der Waals surface area contributed by atoms with Crippen LogP contribution in [0.15, 0.2) is 61.2 Å². The van der Waals surface area contributed by atoms with Gasteiger partial charge in [-0.25, -0.2) is 4.79 Å². The van der Waals surface area contributed by atoms with Crippen molar-refractivity contribution in [2.45, 2.75) is 90.4 Å². The number of carbonyl (C=O) groups is 1. The summed E-state index contributed by atoms with van der Waals surface area (Å²) in [5.41, 5.74) is 0.502. The van der Waals surface area contributed by atoms with Crippen molar-refractivity contribution in [3.05, 3.63) is 66.7 Å². The highest BCUT2D eigenvalue weighted by Crippen LogP contribution is 2.32. The van der Waals surface area contributed by atoms with Gasteiger partial charge in [0, 0.05) is 0 Å². The largest absolute Gasteiger partial charge is 0.494 e. The first-order valence-electron chi connectivity index (χ1n) is 14.5. The van der Waals surface area contributed by atoms with E-state index in [1.54, 1.807) is 24.3 Å². The van der Waals surface area contributed by atoms with Crippen LogP contribution in [0.5, 0.6) is 17.2 Å². The van der Waals surface area contributed by atoms with E-state index in [1.807, 2.05) is 30.3 Å². The normalized spacial score (nSPS) is 17.2. The first kappa shape index (κ1) is 28.8. The molecule has 4 heteroatoms. The molecule has 37 heavy (non-hydrogen) atoms. The Morgan fingerprint density at radius 3 is 2.11 bits per heavy atom. The van der Waals surface area contributed by atoms with Crippen LogP contribution < -0.4 is 14.2 Å². The minimum Gasteiger partial charge on any atom is -0.494 e. The van der Waals surface area contributed by atoms with Crippen molar-refractivity contribution in [3.8, 4) is 17.2 Å². The van der Waals surface area contributed by atoms with Gasteiger partial charge in [-0.3, -0.25) is 0 Å². The molecule has 0 radical (unpaired) electrons. The van der Waals surface area contributed by atoms with Gasteiger partial charge in [-0.15, -0.1) is 6.58 Å². The van der Waals surface area contributed by atoms with Crippen molar-refractivity contribution >= 4 is 5.97 Å². The zero-order valence-electron chi connectivity index (χ0n) is 22.8. The van der Waals surface area contributed by atoms with Crippen LogP contribution in [-0.2, 0) is 0 Å². The average molecular weight is 507 g/mol. The van der Waals surface area contributed by atoms with Crippen molar-refractivity contribution in [1.82, 2.24) is 0 Å². The van der Waals surface area contributed by atoms with E-state index < -0.39 is 0 Å². The SMILES string of the molecule is C=CCCCCCCOc1ccc(C(=O)Oc2ccc(OCC3CCC(CCCCC)CC3)cc2)cc1. The fourth-order valence-corrected chi connectivity index (χ4v) is 4.98. The number of unbranched alkanes of at least 4 members (excludes halogenated alkanes) is 6. The van der Waals surface area contributed by atoms with Crippen molar-refractivity contribution < 1.29 is 19.0 Å². The molecular formula is C33H46O4. The molecule has 0 aliphatic heterocycles. The van der Waals surface area contributed by atoms with Gasteiger partial charge in [0.05, 0.1) is 18.8 Å². The first-order valence-corrected chi connectivity index (χ1v) is 14.5. The van der Waals surface area contributed by atoms with E-state index in [4.69, 9.17) is 14.2 Å². The smallest absolute Gasteiger partial charge is 0.343 e. The van der Waals surface area contributed by atoms with Crippen LogP contribution in [0.25, 0.3) is 0 Å². The highest BCUT2D eigenvalue weighted by atomic mass is 16.5. The highest BCUT2D eigenvalue weighted by Gasteiger charge is 2.21. The van der Waals surface area contributed by atoms with Gasteiger partial charge in [-0.05, 0) is 92.5 Å². The summed E-state index contributed by atoms with van der Waals surface area (Å²) in [6.07, 6.45) is 18.3. The lowest BCUT2D eigenvalue weighted by molar-refractivity contribution is 0.0734. The second-order valence-electron chi connectivity index (χ2n) is 10.4. The molecule has 4 nitrogen and oxygen atoms in total. The van der Waals surface area contributed by atoms with Gasteiger partial charge in [-0.2, -0.15) is 0 Å². The van der Waals surface area contributed by atoms with Gasteiger partial charge < -0.3 is 14.2 Å². The number of esters is 1. The zero-order valence-corrected chi connectivity index (χ0v) is 22.8. The average Bonchev–Trinajstić information content (AvgIpc) is 2.93.